The number of methoxy groups -OCH3 is 3. The summed E-state index contributed by atoms with van der Waals surface area (Å²) in [6.07, 6.45) is 1.57. The lowest BCUT2D eigenvalue weighted by Crippen LogP contribution is -2.39. The van der Waals surface area contributed by atoms with Gasteiger partial charge in [0.25, 0.3) is 5.56 Å². The van der Waals surface area contributed by atoms with Gasteiger partial charge in [-0.15, -0.1) is 0 Å². The highest BCUT2D eigenvalue weighted by molar-refractivity contribution is 5.70. The molecule has 0 bridgehead atoms. The minimum absolute atomic E-state index is 0.230. The van der Waals surface area contributed by atoms with Gasteiger partial charge >= 0.3 is 5.69 Å². The molecule has 0 unspecified atom stereocenters. The molecule has 2 heterocycles. The van der Waals surface area contributed by atoms with Crippen LogP contribution >= 0.6 is 0 Å². The van der Waals surface area contributed by atoms with Crippen LogP contribution < -0.4 is 25.5 Å². The lowest BCUT2D eigenvalue weighted by Gasteiger charge is -2.15. The molecule has 2 aromatic heterocycles. The van der Waals surface area contributed by atoms with E-state index in [9.17, 15) is 9.59 Å². The Morgan fingerprint density at radius 1 is 1.03 bits per heavy atom. The van der Waals surface area contributed by atoms with E-state index in [1.54, 1.807) is 36.8 Å². The third-order valence-electron chi connectivity index (χ3n) is 4.72. The molecule has 0 atom stereocenters. The van der Waals surface area contributed by atoms with Crippen LogP contribution in [0.15, 0.2) is 28.0 Å². The highest BCUT2D eigenvalue weighted by atomic mass is 16.5. The lowest BCUT2D eigenvalue weighted by molar-refractivity contribution is 0.323. The van der Waals surface area contributed by atoms with Crippen molar-refractivity contribution in [3.05, 3.63) is 44.9 Å². The standard InChI is InChI=1S/C20H26N4O5/c1-12(2)9-24-18-16(19(25)22(3)20(24)26)23(11-21-18)10-13-7-14(27-4)17(29-6)15(8-13)28-5/h7-8,11-12H,9-10H2,1-6H3. The van der Waals surface area contributed by atoms with Gasteiger partial charge in [0.05, 0.1) is 27.7 Å². The monoisotopic (exact) mass is 402 g/mol. The van der Waals surface area contributed by atoms with Gasteiger partial charge in [0.1, 0.15) is 0 Å². The summed E-state index contributed by atoms with van der Waals surface area (Å²) in [4.78, 5) is 29.8. The molecule has 0 saturated carbocycles. The molecular weight excluding hydrogens is 376 g/mol. The van der Waals surface area contributed by atoms with Gasteiger partial charge in [0.2, 0.25) is 5.75 Å². The Kier molecular flexibility index (Phi) is 5.67. The summed E-state index contributed by atoms with van der Waals surface area (Å²) < 4.78 is 20.6. The van der Waals surface area contributed by atoms with Crippen LogP contribution in [0.2, 0.25) is 0 Å². The van der Waals surface area contributed by atoms with Crippen molar-refractivity contribution in [3.63, 3.8) is 0 Å². The quantitative estimate of drug-likeness (QED) is 0.597. The highest BCUT2D eigenvalue weighted by Gasteiger charge is 2.19. The predicted octanol–water partition coefficient (Wildman–Crippen LogP) is 1.63. The molecule has 0 aliphatic heterocycles. The van der Waals surface area contributed by atoms with E-state index in [4.69, 9.17) is 14.2 Å². The number of hydrogen-bond acceptors (Lipinski definition) is 6. The summed E-state index contributed by atoms with van der Waals surface area (Å²) in [6, 6.07) is 3.64. The van der Waals surface area contributed by atoms with Gasteiger partial charge in [0, 0.05) is 20.1 Å². The van der Waals surface area contributed by atoms with Gasteiger partial charge in [-0.3, -0.25) is 13.9 Å². The van der Waals surface area contributed by atoms with Crippen LogP contribution in [0.25, 0.3) is 11.2 Å². The van der Waals surface area contributed by atoms with Crippen LogP contribution in [-0.2, 0) is 20.1 Å². The van der Waals surface area contributed by atoms with Gasteiger partial charge in [0.15, 0.2) is 22.7 Å². The normalized spacial score (nSPS) is 11.3. The van der Waals surface area contributed by atoms with Crippen LogP contribution in [0.4, 0.5) is 0 Å². The van der Waals surface area contributed by atoms with Crippen LogP contribution in [-0.4, -0.2) is 40.0 Å². The molecule has 0 amide bonds. The summed E-state index contributed by atoms with van der Waals surface area (Å²) in [6.45, 7) is 4.85. The van der Waals surface area contributed by atoms with Gasteiger partial charge in [-0.25, -0.2) is 9.78 Å². The highest BCUT2D eigenvalue weighted by Crippen LogP contribution is 2.38. The molecule has 3 aromatic rings. The maximum absolute atomic E-state index is 12.8. The second kappa shape index (κ2) is 8.02. The zero-order valence-electron chi connectivity index (χ0n) is 17.6. The average Bonchev–Trinajstić information content (AvgIpc) is 3.11. The van der Waals surface area contributed by atoms with E-state index in [0.717, 1.165) is 10.1 Å². The van der Waals surface area contributed by atoms with Gasteiger partial charge in [-0.2, -0.15) is 0 Å². The maximum Gasteiger partial charge on any atom is 0.332 e. The first-order chi connectivity index (χ1) is 13.8. The van der Waals surface area contributed by atoms with Gasteiger partial charge in [-0.1, -0.05) is 13.8 Å². The molecule has 156 valence electrons. The molecule has 0 N–H and O–H groups in total. The molecule has 9 nitrogen and oxygen atoms in total. The number of hydrogen-bond donors (Lipinski definition) is 0. The van der Waals surface area contributed by atoms with Crippen LogP contribution in [0.5, 0.6) is 17.2 Å². The molecule has 0 radical (unpaired) electrons. The Labute approximate surface area is 168 Å². The van der Waals surface area contributed by atoms with Crippen molar-refractivity contribution in [1.29, 1.82) is 0 Å². The smallest absolute Gasteiger partial charge is 0.332 e. The number of ether oxygens (including phenoxy) is 3. The van der Waals surface area contributed by atoms with E-state index in [-0.39, 0.29) is 17.2 Å². The van der Waals surface area contributed by atoms with Crippen LogP contribution in [0, 0.1) is 5.92 Å². The zero-order valence-corrected chi connectivity index (χ0v) is 17.6. The topological polar surface area (TPSA) is 89.5 Å². The van der Waals surface area contributed by atoms with Crippen LogP contribution in [0.1, 0.15) is 19.4 Å². The average molecular weight is 402 g/mol. The summed E-state index contributed by atoms with van der Waals surface area (Å²) in [7, 11) is 6.13. The molecule has 29 heavy (non-hydrogen) atoms. The summed E-state index contributed by atoms with van der Waals surface area (Å²) in [5.41, 5.74) is 0.854. The summed E-state index contributed by atoms with van der Waals surface area (Å²) >= 11 is 0. The molecule has 3 rings (SSSR count). The Morgan fingerprint density at radius 2 is 1.66 bits per heavy atom. The molecule has 0 spiro atoms. The van der Waals surface area contributed by atoms with Crippen LogP contribution in [0.3, 0.4) is 0 Å². The number of benzene rings is 1. The molecule has 0 aliphatic rings. The van der Waals surface area contributed by atoms with E-state index < -0.39 is 0 Å². The van der Waals surface area contributed by atoms with E-state index in [2.05, 4.69) is 4.98 Å². The van der Waals surface area contributed by atoms with Crippen molar-refractivity contribution in [1.82, 2.24) is 18.7 Å². The van der Waals surface area contributed by atoms with Crippen molar-refractivity contribution in [2.75, 3.05) is 21.3 Å². The number of imidazole rings is 1. The second-order valence-corrected chi connectivity index (χ2v) is 7.23. The lowest BCUT2D eigenvalue weighted by atomic mass is 10.1. The Balaban J connectivity index is 2.17. The van der Waals surface area contributed by atoms with E-state index in [0.29, 0.717) is 41.5 Å². The predicted molar refractivity (Wildman–Crippen MR) is 109 cm³/mol. The third-order valence-corrected chi connectivity index (χ3v) is 4.72. The number of fused-ring (bicyclic) bond motifs is 1. The number of aromatic nitrogens is 4. The van der Waals surface area contributed by atoms with Crippen molar-refractivity contribution < 1.29 is 14.2 Å². The minimum Gasteiger partial charge on any atom is -0.493 e. The minimum atomic E-state index is -0.380. The largest absolute Gasteiger partial charge is 0.493 e. The van der Waals surface area contributed by atoms with Crippen molar-refractivity contribution >= 4 is 11.2 Å². The van der Waals surface area contributed by atoms with Crippen molar-refractivity contribution in [2.24, 2.45) is 13.0 Å². The number of nitrogens with zero attached hydrogens (tertiary/aromatic N) is 4. The molecular formula is C20H26N4O5. The SMILES string of the molecule is COc1cc(Cn2cnc3c2c(=O)n(C)c(=O)n3CC(C)C)cc(OC)c1OC. The first kappa shape index (κ1) is 20.5. The Bertz CT molecular complexity index is 1130. The molecule has 0 saturated heterocycles. The molecule has 0 fully saturated rings. The van der Waals surface area contributed by atoms with Crippen molar-refractivity contribution in [3.8, 4) is 17.2 Å². The first-order valence-corrected chi connectivity index (χ1v) is 9.25. The van der Waals surface area contributed by atoms with Gasteiger partial charge < -0.3 is 18.8 Å². The molecule has 0 aliphatic carbocycles. The molecule has 1 aromatic carbocycles. The fraction of sp³-hybridized carbons (Fsp3) is 0.450. The maximum atomic E-state index is 12.8. The summed E-state index contributed by atoms with van der Waals surface area (Å²) in [5.74, 6) is 1.77. The first-order valence-electron chi connectivity index (χ1n) is 9.25. The third kappa shape index (κ3) is 3.59. The zero-order chi connectivity index (χ0) is 21.3. The second-order valence-electron chi connectivity index (χ2n) is 7.23. The van der Waals surface area contributed by atoms with Crippen molar-refractivity contribution in [2.45, 2.75) is 26.9 Å². The van der Waals surface area contributed by atoms with E-state index in [1.807, 2.05) is 26.0 Å². The fourth-order valence-corrected chi connectivity index (χ4v) is 3.38. The summed E-state index contributed by atoms with van der Waals surface area (Å²) in [5, 5.41) is 0. The number of rotatable bonds is 7. The Hall–Kier alpha value is -3.23. The Morgan fingerprint density at radius 3 is 2.17 bits per heavy atom. The molecule has 9 heteroatoms. The fourth-order valence-electron chi connectivity index (χ4n) is 3.38. The van der Waals surface area contributed by atoms with Gasteiger partial charge in [-0.05, 0) is 23.6 Å². The van der Waals surface area contributed by atoms with E-state index in [1.165, 1.54) is 7.05 Å². The van der Waals surface area contributed by atoms with E-state index >= 15 is 0 Å².